The van der Waals surface area contributed by atoms with Crippen LogP contribution in [0.2, 0.25) is 0 Å². The van der Waals surface area contributed by atoms with Crippen LogP contribution in [0.15, 0.2) is 182 Å². The summed E-state index contributed by atoms with van der Waals surface area (Å²) >= 11 is 0. The fraction of sp³-hybridized carbons (Fsp3) is 0.129. The van der Waals surface area contributed by atoms with Crippen molar-refractivity contribution in [1.29, 1.82) is 5.26 Å². The second-order valence-electron chi connectivity index (χ2n) is 22.6. The molecule has 12 rings (SSSR count). The van der Waals surface area contributed by atoms with Crippen LogP contribution in [-0.4, -0.2) is 9.13 Å². The normalized spacial score (nSPS) is 13.2. The molecule has 0 unspecified atom stereocenters. The Bertz CT molecular complexity index is 5020. The number of aromatic nitrogens is 2. The van der Waals surface area contributed by atoms with E-state index in [2.05, 4.69) is 0 Å². The van der Waals surface area contributed by atoms with Gasteiger partial charge in [0.1, 0.15) is 11.6 Å². The Hall–Kier alpha value is -10.4. The first-order chi connectivity index (χ1) is 45.0. The van der Waals surface area contributed by atoms with Crippen LogP contribution in [0.4, 0.5) is 105 Å². The molecule has 2 aromatic heterocycles. The van der Waals surface area contributed by atoms with Gasteiger partial charge in [-0.2, -0.15) is 111 Å². The van der Waals surface area contributed by atoms with E-state index in [0.29, 0.717) is 42.5 Å². The lowest BCUT2D eigenvalue weighted by Gasteiger charge is -2.22. The van der Waals surface area contributed by atoms with Crippen molar-refractivity contribution in [1.82, 2.24) is 9.13 Å². The van der Waals surface area contributed by atoms with Crippen LogP contribution in [0, 0.1) is 18.3 Å². The summed E-state index contributed by atoms with van der Waals surface area (Å²) in [6.45, 7) is 1.31. The average molecular weight is 1370 g/mol. The first-order valence-corrected chi connectivity index (χ1v) is 28.0. The van der Waals surface area contributed by atoms with E-state index in [0.717, 1.165) is 100 Å². The highest BCUT2D eigenvalue weighted by atomic mass is 19.4. The van der Waals surface area contributed by atoms with Gasteiger partial charge >= 0.3 is 49.4 Å². The topological polar surface area (TPSA) is 33.6 Å². The zero-order valence-corrected chi connectivity index (χ0v) is 48.2. The average Bonchev–Trinajstić information content (AvgIpc) is 1.58. The van der Waals surface area contributed by atoms with Gasteiger partial charge in [0, 0.05) is 27.1 Å². The Morgan fingerprint density at radius 3 is 0.887 bits per heavy atom. The minimum Gasteiger partial charge on any atom is -0.308 e. The lowest BCUT2D eigenvalue weighted by Crippen LogP contribution is -2.11. The van der Waals surface area contributed by atoms with Gasteiger partial charge in [0.05, 0.1) is 77.9 Å². The van der Waals surface area contributed by atoms with Gasteiger partial charge in [0.25, 0.3) is 0 Å². The van der Waals surface area contributed by atoms with Crippen molar-refractivity contribution in [2.45, 2.75) is 56.3 Å². The van der Waals surface area contributed by atoms with Crippen LogP contribution >= 0.6 is 0 Å². The molecule has 0 spiro atoms. The molecule has 10 aromatic carbocycles. The third-order valence-corrected chi connectivity index (χ3v) is 16.3. The highest BCUT2D eigenvalue weighted by Gasteiger charge is 2.42. The number of hydrogen-bond acceptors (Lipinski definition) is 1. The van der Waals surface area contributed by atoms with Crippen molar-refractivity contribution in [3.05, 3.63) is 238 Å². The Morgan fingerprint density at radius 1 is 0.278 bits per heavy atom. The summed E-state index contributed by atoms with van der Waals surface area (Å²) in [7, 11) is 0. The minimum absolute atomic E-state index is 0.00291. The molecule has 0 radical (unpaired) electrons. The molecule has 0 aliphatic carbocycles. The number of benzene rings is 10. The lowest BCUT2D eigenvalue weighted by atomic mass is 9.94. The molecule has 0 aliphatic heterocycles. The first kappa shape index (κ1) is 66.6. The number of hydrogen-bond donors (Lipinski definition) is 0. The van der Waals surface area contributed by atoms with E-state index in [1.807, 2.05) is 6.07 Å². The fourth-order valence-corrected chi connectivity index (χ4v) is 12.0. The minimum atomic E-state index is -5.43. The highest BCUT2D eigenvalue weighted by molar-refractivity contribution is 6.14. The van der Waals surface area contributed by atoms with Crippen LogP contribution in [0.3, 0.4) is 0 Å². The SMILES string of the molecule is Cc1cc(-c2ccc3c4ccc(-c5cc(C(F)(F)F)cc(C(F)(F)F)c5)cc4n(-c4c(-c5ccccc5C(F)(F)F)ccc(-n5c6cc(-c7cc(C(F)(F)F)cc(C(F)(F)F)c7)ccc6c6ccc(-c7cc(C(F)(F)F)cc(C(F)(F)F)c7)cc65)c4C#N)c3c2)cc(C(F)(F)F)c1. The zero-order chi connectivity index (χ0) is 70.4. The van der Waals surface area contributed by atoms with E-state index in [4.69, 9.17) is 0 Å². The quantitative estimate of drug-likeness (QED) is 0.146. The Balaban J connectivity index is 1.27. The van der Waals surface area contributed by atoms with Gasteiger partial charge in [-0.05, 0) is 166 Å². The predicted molar refractivity (Wildman–Crippen MR) is 312 cm³/mol. The summed E-state index contributed by atoms with van der Waals surface area (Å²) in [4.78, 5) is 0. The van der Waals surface area contributed by atoms with Crippen LogP contribution in [0.25, 0.3) is 111 Å². The van der Waals surface area contributed by atoms with Gasteiger partial charge in [0.15, 0.2) is 0 Å². The van der Waals surface area contributed by atoms with Crippen molar-refractivity contribution in [2.75, 3.05) is 0 Å². The smallest absolute Gasteiger partial charge is 0.308 e. The van der Waals surface area contributed by atoms with Gasteiger partial charge in [-0.25, -0.2) is 0 Å². The van der Waals surface area contributed by atoms with Gasteiger partial charge in [0.2, 0.25) is 0 Å². The third-order valence-electron chi connectivity index (χ3n) is 16.3. The van der Waals surface area contributed by atoms with Crippen molar-refractivity contribution in [3.8, 4) is 73.1 Å². The largest absolute Gasteiger partial charge is 0.417 e. The molecule has 0 N–H and O–H groups in total. The molecule has 0 fully saturated rings. The fourth-order valence-electron chi connectivity index (χ4n) is 12.0. The summed E-state index contributed by atoms with van der Waals surface area (Å²) in [6.07, 6.45) is -42.8. The number of aryl methyl sites for hydroxylation is 1. The molecule has 0 atom stereocenters. The number of rotatable bonds is 7. The Kier molecular flexibility index (Phi) is 15.5. The highest BCUT2D eigenvalue weighted by Crippen LogP contribution is 2.50. The van der Waals surface area contributed by atoms with E-state index >= 15 is 13.2 Å². The summed E-state index contributed by atoms with van der Waals surface area (Å²) in [5.41, 5.74) is -21.9. The summed E-state index contributed by atoms with van der Waals surface area (Å²) in [5.74, 6) is 0. The summed E-state index contributed by atoms with van der Waals surface area (Å²) in [5, 5.41) is 11.8. The van der Waals surface area contributed by atoms with E-state index in [1.54, 1.807) is 0 Å². The van der Waals surface area contributed by atoms with Crippen LogP contribution < -0.4 is 0 Å². The van der Waals surface area contributed by atoms with Gasteiger partial charge < -0.3 is 9.13 Å². The van der Waals surface area contributed by atoms with E-state index in [-0.39, 0.29) is 78.5 Å². The van der Waals surface area contributed by atoms with Crippen molar-refractivity contribution >= 4 is 43.6 Å². The van der Waals surface area contributed by atoms with Crippen molar-refractivity contribution in [3.63, 3.8) is 0 Å². The van der Waals surface area contributed by atoms with E-state index < -0.39 is 155 Å². The molecule has 496 valence electrons. The third kappa shape index (κ3) is 12.4. The standard InChI is InChI=1S/C70H33F24N3/c1-33-16-38(18-42(17-33)63(71,72)73)34-6-12-52-53-13-9-37(41-23-47(68(86,87)88)31-48(24-41)69(89,90)91)28-61(53)97(60(52)27-34)62-54(49-4-2-3-5-56(49)70(92,93)94)14-15-57(55(62)32-95)96-58-25-35(39-19-43(64(74,75)76)29-44(20-39)65(77,78)79)7-10-50(58)51-11-8-36(26-59(51)96)40-21-45(66(80,81)82)30-46(22-40)67(83,84)85/h2-31H,1H3. The number of fused-ring (bicyclic) bond motifs is 6. The van der Waals surface area contributed by atoms with Gasteiger partial charge in [-0.1, -0.05) is 78.9 Å². The maximum atomic E-state index is 15.6. The molecule has 0 aliphatic rings. The molecule has 0 saturated heterocycles. The molecule has 27 heteroatoms. The van der Waals surface area contributed by atoms with Crippen LogP contribution in [-0.2, 0) is 49.4 Å². The number of alkyl halides is 24. The zero-order valence-electron chi connectivity index (χ0n) is 48.2. The molecular weight excluding hydrogens is 1340 g/mol. The summed E-state index contributed by atoms with van der Waals surface area (Å²) in [6, 6.07) is 25.3. The Labute approximate surface area is 528 Å². The van der Waals surface area contributed by atoms with E-state index in [1.165, 1.54) is 37.3 Å². The van der Waals surface area contributed by atoms with Crippen LogP contribution in [0.5, 0.6) is 0 Å². The lowest BCUT2D eigenvalue weighted by molar-refractivity contribution is -0.144. The molecular formula is C70H33F24N3. The number of nitrogens with zero attached hydrogens (tertiary/aromatic N) is 3. The summed E-state index contributed by atoms with van der Waals surface area (Å²) < 4.78 is 353. The predicted octanol–water partition coefficient (Wildman–Crippen LogP) is 24.5. The van der Waals surface area contributed by atoms with E-state index in [9.17, 15) is 97.5 Å². The molecule has 12 aromatic rings. The number of halogens is 24. The molecule has 0 amide bonds. The number of nitriles is 1. The molecule has 3 nitrogen and oxygen atoms in total. The second-order valence-corrected chi connectivity index (χ2v) is 22.6. The van der Waals surface area contributed by atoms with Gasteiger partial charge in [-0.15, -0.1) is 0 Å². The van der Waals surface area contributed by atoms with Gasteiger partial charge in [-0.3, -0.25) is 0 Å². The first-order valence-electron chi connectivity index (χ1n) is 28.0. The maximum Gasteiger partial charge on any atom is 0.417 e. The van der Waals surface area contributed by atoms with Crippen LogP contribution in [0.1, 0.15) is 55.6 Å². The maximum absolute atomic E-state index is 15.6. The molecule has 97 heavy (non-hydrogen) atoms. The molecule has 0 bridgehead atoms. The van der Waals surface area contributed by atoms with Crippen molar-refractivity contribution < 1.29 is 105 Å². The monoisotopic (exact) mass is 1370 g/mol. The Morgan fingerprint density at radius 2 is 0.577 bits per heavy atom. The molecule has 2 heterocycles. The van der Waals surface area contributed by atoms with Crippen molar-refractivity contribution in [2.24, 2.45) is 0 Å². The second kappa shape index (κ2) is 22.6. The molecule has 0 saturated carbocycles.